The number of esters is 1. The van der Waals surface area contributed by atoms with E-state index in [0.717, 1.165) is 11.1 Å². The number of cyclic esters (lactones) is 1. The molecule has 1 N–H and O–H groups in total. The van der Waals surface area contributed by atoms with Gasteiger partial charge < -0.3 is 4.74 Å². The van der Waals surface area contributed by atoms with Crippen LogP contribution in [-0.2, 0) is 9.53 Å². The number of hydrogen-bond donors (Lipinski definition) is 1. The maximum atomic E-state index is 11.6. The Hall–Kier alpha value is -1.61. The molecule has 90 valence electrons. The van der Waals surface area contributed by atoms with Crippen LogP contribution >= 0.6 is 0 Å². The molecule has 0 aliphatic carbocycles. The van der Waals surface area contributed by atoms with Crippen LogP contribution in [0.1, 0.15) is 24.9 Å². The molecule has 0 aromatic heterocycles. The first kappa shape index (κ1) is 11.9. The summed E-state index contributed by atoms with van der Waals surface area (Å²) in [5.41, 5.74) is 2.12. The first-order valence-corrected chi connectivity index (χ1v) is 5.79. The van der Waals surface area contributed by atoms with E-state index < -0.39 is 0 Å². The Kier molecular flexibility index (Phi) is 3.59. The quantitative estimate of drug-likeness (QED) is 0.640. The molecule has 0 saturated carbocycles. The number of rotatable bonds is 3. The van der Waals surface area contributed by atoms with Crippen molar-refractivity contribution in [1.82, 2.24) is 5.32 Å². The summed E-state index contributed by atoms with van der Waals surface area (Å²) < 4.78 is 5.22. The molecule has 1 saturated heterocycles. The van der Waals surface area contributed by atoms with Crippen molar-refractivity contribution in [3.63, 3.8) is 0 Å². The Labute approximate surface area is 101 Å². The Morgan fingerprint density at radius 1 is 1.47 bits per heavy atom. The molecule has 1 aromatic carbocycles. The molecule has 1 aromatic rings. The number of ether oxygens (including phenoxy) is 1. The van der Waals surface area contributed by atoms with Gasteiger partial charge in [-0.3, -0.25) is 10.1 Å². The minimum atomic E-state index is -0.272. The molecule has 2 atom stereocenters. The van der Waals surface area contributed by atoms with E-state index in [0.29, 0.717) is 13.0 Å². The number of hydrogen-bond acceptors (Lipinski definition) is 3. The summed E-state index contributed by atoms with van der Waals surface area (Å²) in [7, 11) is 0. The summed E-state index contributed by atoms with van der Waals surface area (Å²) in [6.45, 7) is 6.15. The molecule has 2 rings (SSSR count). The molecule has 0 amide bonds. The summed E-state index contributed by atoms with van der Waals surface area (Å²) in [5.74, 6) is -0.180. The summed E-state index contributed by atoms with van der Waals surface area (Å²) in [6.07, 6.45) is 0.627. The van der Waals surface area contributed by atoms with Crippen molar-refractivity contribution in [3.8, 4) is 0 Å². The third-order valence-corrected chi connectivity index (χ3v) is 2.83. The van der Waals surface area contributed by atoms with Gasteiger partial charge in [-0.25, -0.2) is 0 Å². The second-order valence-corrected chi connectivity index (χ2v) is 4.47. The summed E-state index contributed by atoms with van der Waals surface area (Å²) >= 11 is 0. The van der Waals surface area contributed by atoms with Crippen LogP contribution in [0.3, 0.4) is 0 Å². The van der Waals surface area contributed by atoms with E-state index in [1.54, 1.807) is 0 Å². The zero-order valence-electron chi connectivity index (χ0n) is 9.98. The van der Waals surface area contributed by atoms with E-state index >= 15 is 0 Å². The zero-order chi connectivity index (χ0) is 12.3. The minimum Gasteiger partial charge on any atom is -0.462 e. The second kappa shape index (κ2) is 5.15. The van der Waals surface area contributed by atoms with Crippen molar-refractivity contribution in [2.75, 3.05) is 6.61 Å². The molecule has 17 heavy (non-hydrogen) atoms. The number of carbonyl (C=O) groups is 1. The van der Waals surface area contributed by atoms with Crippen molar-refractivity contribution in [3.05, 3.63) is 48.0 Å². The molecule has 3 nitrogen and oxygen atoms in total. The highest BCUT2D eigenvalue weighted by molar-refractivity contribution is 5.77. The molecular weight excluding hydrogens is 214 g/mol. The highest BCUT2D eigenvalue weighted by atomic mass is 16.5. The van der Waals surface area contributed by atoms with Gasteiger partial charge in [0.05, 0.1) is 6.04 Å². The fourth-order valence-electron chi connectivity index (χ4n) is 1.99. The van der Waals surface area contributed by atoms with Crippen LogP contribution in [0.4, 0.5) is 0 Å². The van der Waals surface area contributed by atoms with Crippen molar-refractivity contribution in [1.29, 1.82) is 0 Å². The Bertz CT molecular complexity index is 413. The molecule has 1 aliphatic heterocycles. The molecule has 1 aliphatic rings. The summed E-state index contributed by atoms with van der Waals surface area (Å²) in [4.78, 5) is 11.6. The highest BCUT2D eigenvalue weighted by Crippen LogP contribution is 2.20. The van der Waals surface area contributed by atoms with Gasteiger partial charge >= 0.3 is 5.97 Å². The first-order chi connectivity index (χ1) is 8.16. The number of carbonyl (C=O) groups excluding carboxylic acids is 1. The molecule has 0 spiro atoms. The van der Waals surface area contributed by atoms with Crippen LogP contribution in [0, 0.1) is 0 Å². The SMILES string of the molecule is C=C(C)C[C@@H]1N[C@@H](c2ccccc2)COC1=O. The van der Waals surface area contributed by atoms with Gasteiger partial charge in [-0.05, 0) is 18.9 Å². The van der Waals surface area contributed by atoms with Crippen LogP contribution < -0.4 is 5.32 Å². The van der Waals surface area contributed by atoms with Crippen LogP contribution in [0.5, 0.6) is 0 Å². The largest absolute Gasteiger partial charge is 0.462 e. The van der Waals surface area contributed by atoms with E-state index in [1.807, 2.05) is 37.3 Å². The lowest BCUT2D eigenvalue weighted by Gasteiger charge is -2.30. The smallest absolute Gasteiger partial charge is 0.323 e. The first-order valence-electron chi connectivity index (χ1n) is 5.79. The lowest BCUT2D eigenvalue weighted by atomic mass is 10.0. The third-order valence-electron chi connectivity index (χ3n) is 2.83. The van der Waals surface area contributed by atoms with Gasteiger partial charge in [-0.1, -0.05) is 35.9 Å². The van der Waals surface area contributed by atoms with Gasteiger partial charge in [0.25, 0.3) is 0 Å². The van der Waals surface area contributed by atoms with Gasteiger partial charge in [0.2, 0.25) is 0 Å². The van der Waals surface area contributed by atoms with E-state index in [9.17, 15) is 4.79 Å². The monoisotopic (exact) mass is 231 g/mol. The summed E-state index contributed by atoms with van der Waals surface area (Å²) in [6, 6.07) is 9.83. The van der Waals surface area contributed by atoms with E-state index in [-0.39, 0.29) is 18.1 Å². The Balaban J connectivity index is 2.07. The molecule has 1 heterocycles. The van der Waals surface area contributed by atoms with Gasteiger partial charge in [-0.2, -0.15) is 0 Å². The lowest BCUT2D eigenvalue weighted by molar-refractivity contribution is -0.151. The van der Waals surface area contributed by atoms with Crippen molar-refractivity contribution in [2.24, 2.45) is 0 Å². The average Bonchev–Trinajstić information content (AvgIpc) is 2.32. The van der Waals surface area contributed by atoms with E-state index in [4.69, 9.17) is 4.74 Å². The standard InChI is InChI=1S/C14H17NO2/c1-10(2)8-12-14(16)17-9-13(15-12)11-6-4-3-5-7-11/h3-7,12-13,15H,1,8-9H2,2H3/t12-,13+/m0/s1. The Morgan fingerprint density at radius 2 is 2.18 bits per heavy atom. The highest BCUT2D eigenvalue weighted by Gasteiger charge is 2.29. The van der Waals surface area contributed by atoms with Crippen LogP contribution in [0.15, 0.2) is 42.5 Å². The zero-order valence-corrected chi connectivity index (χ0v) is 9.98. The van der Waals surface area contributed by atoms with Gasteiger partial charge in [0, 0.05) is 0 Å². The van der Waals surface area contributed by atoms with Crippen LogP contribution in [0.25, 0.3) is 0 Å². The van der Waals surface area contributed by atoms with Crippen LogP contribution in [0.2, 0.25) is 0 Å². The number of benzene rings is 1. The fraction of sp³-hybridized carbons (Fsp3) is 0.357. The maximum Gasteiger partial charge on any atom is 0.323 e. The van der Waals surface area contributed by atoms with E-state index in [1.165, 1.54) is 0 Å². The van der Waals surface area contributed by atoms with Crippen molar-refractivity contribution >= 4 is 5.97 Å². The van der Waals surface area contributed by atoms with E-state index in [2.05, 4.69) is 11.9 Å². The topological polar surface area (TPSA) is 38.3 Å². The fourth-order valence-corrected chi connectivity index (χ4v) is 1.99. The maximum absolute atomic E-state index is 11.6. The molecule has 0 radical (unpaired) electrons. The van der Waals surface area contributed by atoms with Gasteiger partial charge in [-0.15, -0.1) is 6.58 Å². The molecular formula is C14H17NO2. The van der Waals surface area contributed by atoms with Gasteiger partial charge in [0.15, 0.2) is 0 Å². The predicted octanol–water partition coefficient (Wildman–Crippen LogP) is 2.21. The molecule has 3 heteroatoms. The lowest BCUT2D eigenvalue weighted by Crippen LogP contribution is -2.47. The average molecular weight is 231 g/mol. The van der Waals surface area contributed by atoms with Gasteiger partial charge in [0.1, 0.15) is 12.6 Å². The number of morpholine rings is 1. The number of nitrogens with one attached hydrogen (secondary N) is 1. The van der Waals surface area contributed by atoms with Crippen LogP contribution in [-0.4, -0.2) is 18.6 Å². The van der Waals surface area contributed by atoms with Crippen molar-refractivity contribution < 1.29 is 9.53 Å². The molecule has 1 fully saturated rings. The Morgan fingerprint density at radius 3 is 2.82 bits per heavy atom. The second-order valence-electron chi connectivity index (χ2n) is 4.47. The minimum absolute atomic E-state index is 0.0817. The molecule has 0 bridgehead atoms. The molecule has 0 unspecified atom stereocenters. The predicted molar refractivity (Wildman–Crippen MR) is 66.5 cm³/mol. The summed E-state index contributed by atoms with van der Waals surface area (Å²) in [5, 5.41) is 3.32. The van der Waals surface area contributed by atoms with Crippen molar-refractivity contribution in [2.45, 2.75) is 25.4 Å². The normalized spacial score (nSPS) is 24.2. The third kappa shape index (κ3) is 2.94.